The molecule has 2 aromatic rings. The van der Waals surface area contributed by atoms with Crippen molar-refractivity contribution in [2.45, 2.75) is 25.8 Å². The average molecular weight is 449 g/mol. The van der Waals surface area contributed by atoms with Crippen LogP contribution in [0.1, 0.15) is 19.5 Å². The monoisotopic (exact) mass is 449 g/mol. The molecule has 0 radical (unpaired) electrons. The lowest BCUT2D eigenvalue weighted by Gasteiger charge is -2.31. The molecule has 1 aromatic heterocycles. The third kappa shape index (κ3) is 1.61. The summed E-state index contributed by atoms with van der Waals surface area (Å²) in [7, 11) is 0. The molecule has 0 saturated carbocycles. The highest BCUT2D eigenvalue weighted by molar-refractivity contribution is 14.1. The van der Waals surface area contributed by atoms with Crippen molar-refractivity contribution in [2.24, 2.45) is 0 Å². The van der Waals surface area contributed by atoms with E-state index >= 15 is 0 Å². The van der Waals surface area contributed by atoms with Crippen LogP contribution in [0, 0.1) is 3.57 Å². The summed E-state index contributed by atoms with van der Waals surface area (Å²) in [4.78, 5) is 0. The van der Waals surface area contributed by atoms with Crippen LogP contribution in [-0.2, 0) is 12.0 Å². The van der Waals surface area contributed by atoms with Gasteiger partial charge in [-0.2, -0.15) is 0 Å². The van der Waals surface area contributed by atoms with Crippen molar-refractivity contribution >= 4 is 56.1 Å². The second kappa shape index (κ2) is 3.98. The molecule has 0 amide bonds. The van der Waals surface area contributed by atoms with E-state index in [1.165, 1.54) is 23.7 Å². The van der Waals surface area contributed by atoms with Gasteiger partial charge in [0.15, 0.2) is 0 Å². The van der Waals surface area contributed by atoms with Crippen LogP contribution in [0.3, 0.4) is 0 Å². The van der Waals surface area contributed by atoms with E-state index in [9.17, 15) is 0 Å². The standard InChI is InChI=1S/C14H13I2N/c1-14(2)11(15)7-8-17-10-6-4-3-5-9(10)12(16)13(14)17/h3-7H,8H2,1-2H3. The van der Waals surface area contributed by atoms with E-state index in [-0.39, 0.29) is 5.41 Å². The molecule has 3 heteroatoms. The maximum absolute atomic E-state index is 2.50. The fourth-order valence-corrected chi connectivity index (χ4v) is 4.48. The van der Waals surface area contributed by atoms with Gasteiger partial charge in [0.1, 0.15) is 0 Å². The highest BCUT2D eigenvalue weighted by atomic mass is 127. The number of hydrogen-bond donors (Lipinski definition) is 0. The highest BCUT2D eigenvalue weighted by Gasteiger charge is 2.34. The lowest BCUT2D eigenvalue weighted by Crippen LogP contribution is -2.26. The summed E-state index contributed by atoms with van der Waals surface area (Å²) in [6.07, 6.45) is 2.34. The summed E-state index contributed by atoms with van der Waals surface area (Å²) in [6, 6.07) is 8.71. The van der Waals surface area contributed by atoms with Gasteiger partial charge in [-0.25, -0.2) is 0 Å². The molecule has 17 heavy (non-hydrogen) atoms. The molecule has 0 spiro atoms. The van der Waals surface area contributed by atoms with Crippen molar-refractivity contribution in [3.8, 4) is 0 Å². The van der Waals surface area contributed by atoms with Gasteiger partial charge in [-0.15, -0.1) is 0 Å². The molecule has 0 atom stereocenters. The summed E-state index contributed by atoms with van der Waals surface area (Å²) >= 11 is 4.98. The van der Waals surface area contributed by atoms with E-state index in [1.807, 2.05) is 0 Å². The van der Waals surface area contributed by atoms with Crippen LogP contribution < -0.4 is 0 Å². The maximum Gasteiger partial charge on any atom is 0.0496 e. The Morgan fingerprint density at radius 2 is 1.88 bits per heavy atom. The van der Waals surface area contributed by atoms with Gasteiger partial charge in [0.05, 0.1) is 0 Å². The molecule has 88 valence electrons. The molecular weight excluding hydrogens is 436 g/mol. The molecule has 0 fully saturated rings. The van der Waals surface area contributed by atoms with Gasteiger partial charge >= 0.3 is 0 Å². The average Bonchev–Trinajstić information content (AvgIpc) is 2.60. The molecule has 2 heterocycles. The van der Waals surface area contributed by atoms with E-state index < -0.39 is 0 Å². The van der Waals surface area contributed by atoms with Crippen molar-refractivity contribution in [3.05, 3.63) is 43.2 Å². The third-order valence-corrected chi connectivity index (χ3v) is 6.43. The normalized spacial score (nSPS) is 18.0. The van der Waals surface area contributed by atoms with E-state index in [0.29, 0.717) is 0 Å². The molecule has 1 aliphatic rings. The highest BCUT2D eigenvalue weighted by Crippen LogP contribution is 2.44. The summed E-state index contributed by atoms with van der Waals surface area (Å²) in [5, 5.41) is 1.38. The SMILES string of the molecule is CC1(C)C(I)=CCn2c1c(I)c1ccccc12. The van der Waals surface area contributed by atoms with E-state index in [2.05, 4.69) is 93.9 Å². The quantitative estimate of drug-likeness (QED) is 0.507. The number of halogens is 2. The largest absolute Gasteiger partial charge is 0.339 e. The van der Waals surface area contributed by atoms with Crippen LogP contribution in [0.25, 0.3) is 10.9 Å². The number of aromatic nitrogens is 1. The smallest absolute Gasteiger partial charge is 0.0496 e. The van der Waals surface area contributed by atoms with Gasteiger partial charge in [-0.1, -0.05) is 24.3 Å². The first-order valence-electron chi connectivity index (χ1n) is 5.67. The Hall–Kier alpha value is -0.0400. The summed E-state index contributed by atoms with van der Waals surface area (Å²) < 4.78 is 5.31. The van der Waals surface area contributed by atoms with E-state index in [1.54, 1.807) is 0 Å². The minimum Gasteiger partial charge on any atom is -0.339 e. The summed E-state index contributed by atoms with van der Waals surface area (Å²) in [5.41, 5.74) is 2.96. The fourth-order valence-electron chi connectivity index (χ4n) is 2.60. The topological polar surface area (TPSA) is 4.93 Å². The zero-order valence-corrected chi connectivity index (χ0v) is 14.1. The van der Waals surface area contributed by atoms with Gasteiger partial charge in [-0.05, 0) is 68.7 Å². The van der Waals surface area contributed by atoms with Crippen LogP contribution >= 0.6 is 45.2 Å². The molecule has 1 aromatic carbocycles. The van der Waals surface area contributed by atoms with Crippen molar-refractivity contribution in [1.29, 1.82) is 0 Å². The Morgan fingerprint density at radius 3 is 2.65 bits per heavy atom. The Kier molecular flexibility index (Phi) is 2.81. The van der Waals surface area contributed by atoms with Gasteiger partial charge in [0, 0.05) is 32.1 Å². The lowest BCUT2D eigenvalue weighted by molar-refractivity contribution is 0.564. The molecule has 3 rings (SSSR count). The minimum absolute atomic E-state index is 0.133. The third-order valence-electron chi connectivity index (χ3n) is 3.55. The molecule has 0 bridgehead atoms. The second-order valence-corrected chi connectivity index (χ2v) is 7.21. The Morgan fingerprint density at radius 1 is 1.18 bits per heavy atom. The zero-order valence-electron chi connectivity index (χ0n) is 9.80. The molecule has 0 unspecified atom stereocenters. The van der Waals surface area contributed by atoms with Crippen LogP contribution in [0.4, 0.5) is 0 Å². The van der Waals surface area contributed by atoms with Gasteiger partial charge in [0.2, 0.25) is 0 Å². The number of benzene rings is 1. The lowest BCUT2D eigenvalue weighted by atomic mass is 9.87. The number of hydrogen-bond acceptors (Lipinski definition) is 0. The maximum atomic E-state index is 2.50. The number of rotatable bonds is 0. The number of fused-ring (bicyclic) bond motifs is 3. The van der Waals surface area contributed by atoms with Crippen LogP contribution in [-0.4, -0.2) is 4.57 Å². The minimum atomic E-state index is 0.133. The number of para-hydroxylation sites is 1. The first-order chi connectivity index (χ1) is 8.03. The molecule has 1 aliphatic heterocycles. The zero-order chi connectivity index (χ0) is 12.2. The predicted octanol–water partition coefficient (Wildman–Crippen LogP) is 4.86. The van der Waals surface area contributed by atoms with Gasteiger partial charge in [0.25, 0.3) is 0 Å². The van der Waals surface area contributed by atoms with Crippen molar-refractivity contribution < 1.29 is 0 Å². The van der Waals surface area contributed by atoms with Crippen molar-refractivity contribution in [3.63, 3.8) is 0 Å². The van der Waals surface area contributed by atoms with Gasteiger partial charge < -0.3 is 4.57 Å². The molecule has 0 N–H and O–H groups in total. The Bertz CT molecular complexity index is 635. The molecule has 0 aliphatic carbocycles. The van der Waals surface area contributed by atoms with Crippen LogP contribution in [0.15, 0.2) is 33.9 Å². The Balaban J connectivity index is 2.43. The molecular formula is C14H13I2N. The second-order valence-electron chi connectivity index (χ2n) is 4.97. The summed E-state index contributed by atoms with van der Waals surface area (Å²) in [5.74, 6) is 0. The first-order valence-corrected chi connectivity index (χ1v) is 7.82. The van der Waals surface area contributed by atoms with Crippen LogP contribution in [0.5, 0.6) is 0 Å². The Labute approximate surface area is 129 Å². The van der Waals surface area contributed by atoms with Crippen molar-refractivity contribution in [2.75, 3.05) is 0 Å². The molecule has 1 nitrogen and oxygen atoms in total. The molecule has 0 saturated heterocycles. The van der Waals surface area contributed by atoms with Gasteiger partial charge in [-0.3, -0.25) is 0 Å². The summed E-state index contributed by atoms with van der Waals surface area (Å²) in [6.45, 7) is 5.63. The van der Waals surface area contributed by atoms with E-state index in [4.69, 9.17) is 0 Å². The van der Waals surface area contributed by atoms with Crippen molar-refractivity contribution in [1.82, 2.24) is 4.57 Å². The van der Waals surface area contributed by atoms with E-state index in [0.717, 1.165) is 6.54 Å². The fraction of sp³-hybridized carbons (Fsp3) is 0.286. The number of nitrogens with zero attached hydrogens (tertiary/aromatic N) is 1. The predicted molar refractivity (Wildman–Crippen MR) is 89.8 cm³/mol. The number of allylic oxidation sites excluding steroid dienone is 2. The van der Waals surface area contributed by atoms with Crippen LogP contribution in [0.2, 0.25) is 0 Å². The first kappa shape index (κ1) is 12.0.